The minimum absolute atomic E-state index is 0.200. The molecule has 1 aromatic heterocycles. The Hall–Kier alpha value is -2.61. The van der Waals surface area contributed by atoms with Crippen molar-refractivity contribution in [3.05, 3.63) is 41.1 Å². The van der Waals surface area contributed by atoms with Crippen molar-refractivity contribution < 1.29 is 4.79 Å². The molecule has 22 heavy (non-hydrogen) atoms. The van der Waals surface area contributed by atoms with E-state index in [-0.39, 0.29) is 6.03 Å². The van der Waals surface area contributed by atoms with E-state index in [1.807, 2.05) is 32.9 Å². The number of nitrogens with zero attached hydrogens (tertiary/aromatic N) is 3. The van der Waals surface area contributed by atoms with Gasteiger partial charge in [-0.2, -0.15) is 15.0 Å². The lowest BCUT2D eigenvalue weighted by Gasteiger charge is -2.04. The van der Waals surface area contributed by atoms with E-state index in [0.717, 1.165) is 35.4 Å². The topological polar surface area (TPSA) is 70.7 Å². The first-order valence-corrected chi connectivity index (χ1v) is 7.49. The number of nitriles is 1. The van der Waals surface area contributed by atoms with Crippen LogP contribution < -0.4 is 5.32 Å². The second-order valence-electron chi connectivity index (χ2n) is 5.10. The molecular formula is C17H20N4O. The van der Waals surface area contributed by atoms with E-state index in [0.29, 0.717) is 12.1 Å². The van der Waals surface area contributed by atoms with Crippen molar-refractivity contribution in [3.63, 3.8) is 0 Å². The Morgan fingerprint density at radius 2 is 2.00 bits per heavy atom. The third-order valence-electron chi connectivity index (χ3n) is 3.60. The van der Waals surface area contributed by atoms with Crippen LogP contribution in [0.15, 0.2) is 24.3 Å². The van der Waals surface area contributed by atoms with Crippen LogP contribution in [-0.4, -0.2) is 22.4 Å². The van der Waals surface area contributed by atoms with Crippen molar-refractivity contribution in [2.24, 2.45) is 0 Å². The van der Waals surface area contributed by atoms with Crippen molar-refractivity contribution in [3.8, 4) is 17.3 Å². The number of carbonyl (C=O) groups excluding carboxylic acids is 1. The van der Waals surface area contributed by atoms with Gasteiger partial charge in [-0.15, -0.1) is 0 Å². The van der Waals surface area contributed by atoms with Crippen molar-refractivity contribution in [1.29, 1.82) is 5.26 Å². The average Bonchev–Trinajstić information content (AvgIpc) is 2.89. The van der Waals surface area contributed by atoms with Gasteiger partial charge in [0.2, 0.25) is 0 Å². The molecule has 1 amide bonds. The van der Waals surface area contributed by atoms with Crippen LogP contribution in [0.5, 0.6) is 0 Å². The summed E-state index contributed by atoms with van der Waals surface area (Å²) in [5, 5.41) is 16.2. The molecule has 0 fully saturated rings. The third-order valence-corrected chi connectivity index (χ3v) is 3.60. The molecule has 1 N–H and O–H groups in total. The molecule has 0 saturated heterocycles. The van der Waals surface area contributed by atoms with Crippen molar-refractivity contribution >= 4 is 6.03 Å². The van der Waals surface area contributed by atoms with Gasteiger partial charge in [0.1, 0.15) is 0 Å². The van der Waals surface area contributed by atoms with Crippen molar-refractivity contribution in [2.75, 3.05) is 6.54 Å². The molecule has 1 aromatic carbocycles. The average molecular weight is 296 g/mol. The molecule has 0 saturated carbocycles. The maximum atomic E-state index is 12.2. The van der Waals surface area contributed by atoms with Crippen LogP contribution in [0, 0.1) is 18.3 Å². The molecule has 2 aromatic rings. The van der Waals surface area contributed by atoms with Crippen LogP contribution in [0.1, 0.15) is 37.1 Å². The van der Waals surface area contributed by atoms with Gasteiger partial charge in [-0.05, 0) is 31.9 Å². The lowest BCUT2D eigenvalue weighted by atomic mass is 10.0. The van der Waals surface area contributed by atoms with E-state index >= 15 is 0 Å². The molecule has 1 heterocycles. The summed E-state index contributed by atoms with van der Waals surface area (Å²) in [6.07, 6.45) is 1.68. The maximum Gasteiger partial charge on any atom is 0.342 e. The SMILES string of the molecule is CCCNC(=O)n1nc(-c2ccc(C#N)cc2)c(CC)c1C. The number of nitrogens with one attached hydrogen (secondary N) is 1. The Morgan fingerprint density at radius 1 is 1.32 bits per heavy atom. The number of amides is 1. The van der Waals surface area contributed by atoms with Crippen LogP contribution >= 0.6 is 0 Å². The summed E-state index contributed by atoms with van der Waals surface area (Å²) in [4.78, 5) is 12.2. The molecule has 0 spiro atoms. The molecule has 0 atom stereocenters. The molecular weight excluding hydrogens is 276 g/mol. The summed E-state index contributed by atoms with van der Waals surface area (Å²) in [7, 11) is 0. The Morgan fingerprint density at radius 3 is 2.55 bits per heavy atom. The zero-order valence-corrected chi connectivity index (χ0v) is 13.2. The summed E-state index contributed by atoms with van der Waals surface area (Å²) in [5.74, 6) is 0. The summed E-state index contributed by atoms with van der Waals surface area (Å²) in [6, 6.07) is 9.17. The summed E-state index contributed by atoms with van der Waals surface area (Å²) < 4.78 is 1.43. The number of aromatic nitrogens is 2. The highest BCUT2D eigenvalue weighted by molar-refractivity contribution is 5.79. The van der Waals surface area contributed by atoms with E-state index in [2.05, 4.69) is 16.5 Å². The Balaban J connectivity index is 2.43. The van der Waals surface area contributed by atoms with Crippen LogP contribution in [-0.2, 0) is 6.42 Å². The normalized spacial score (nSPS) is 10.3. The van der Waals surface area contributed by atoms with Gasteiger partial charge in [0.05, 0.1) is 17.3 Å². The lowest BCUT2D eigenvalue weighted by Crippen LogP contribution is -2.30. The van der Waals surface area contributed by atoms with Gasteiger partial charge >= 0.3 is 6.03 Å². The van der Waals surface area contributed by atoms with E-state index in [1.54, 1.807) is 12.1 Å². The van der Waals surface area contributed by atoms with Gasteiger partial charge in [0, 0.05) is 23.4 Å². The minimum Gasteiger partial charge on any atom is -0.336 e. The van der Waals surface area contributed by atoms with E-state index in [4.69, 9.17) is 5.26 Å². The predicted octanol–water partition coefficient (Wildman–Crippen LogP) is 3.26. The van der Waals surface area contributed by atoms with E-state index in [1.165, 1.54) is 4.68 Å². The number of rotatable bonds is 4. The van der Waals surface area contributed by atoms with Gasteiger partial charge in [-0.25, -0.2) is 4.79 Å². The second-order valence-corrected chi connectivity index (χ2v) is 5.10. The molecule has 0 bridgehead atoms. The Labute approximate surface area is 130 Å². The number of carbonyl (C=O) groups is 1. The van der Waals surface area contributed by atoms with Gasteiger partial charge in [0.15, 0.2) is 0 Å². The highest BCUT2D eigenvalue weighted by Crippen LogP contribution is 2.26. The molecule has 0 aliphatic rings. The lowest BCUT2D eigenvalue weighted by molar-refractivity contribution is 0.239. The standard InChI is InChI=1S/C17H20N4O/c1-4-10-19-17(22)21-12(3)15(5-2)16(20-21)14-8-6-13(11-18)7-9-14/h6-9H,4-5,10H2,1-3H3,(H,19,22). The fraction of sp³-hybridized carbons (Fsp3) is 0.353. The van der Waals surface area contributed by atoms with Crippen LogP contribution in [0.25, 0.3) is 11.3 Å². The zero-order valence-electron chi connectivity index (χ0n) is 13.2. The molecule has 2 rings (SSSR count). The van der Waals surface area contributed by atoms with Gasteiger partial charge in [-0.1, -0.05) is 26.0 Å². The highest BCUT2D eigenvalue weighted by atomic mass is 16.2. The predicted molar refractivity (Wildman–Crippen MR) is 85.6 cm³/mol. The molecule has 5 nitrogen and oxygen atoms in total. The fourth-order valence-corrected chi connectivity index (χ4v) is 2.40. The van der Waals surface area contributed by atoms with Crippen molar-refractivity contribution in [1.82, 2.24) is 15.1 Å². The van der Waals surface area contributed by atoms with Crippen LogP contribution in [0.3, 0.4) is 0 Å². The van der Waals surface area contributed by atoms with Crippen molar-refractivity contribution in [2.45, 2.75) is 33.6 Å². The molecule has 5 heteroatoms. The summed E-state index contributed by atoms with van der Waals surface area (Å²) >= 11 is 0. The summed E-state index contributed by atoms with van der Waals surface area (Å²) in [5.41, 5.74) is 4.24. The zero-order chi connectivity index (χ0) is 16.1. The van der Waals surface area contributed by atoms with Gasteiger partial charge in [0.25, 0.3) is 0 Å². The molecule has 0 aliphatic heterocycles. The first kappa shape index (κ1) is 15.8. The van der Waals surface area contributed by atoms with Gasteiger partial charge in [-0.3, -0.25) is 0 Å². The first-order chi connectivity index (χ1) is 10.6. The minimum atomic E-state index is -0.200. The Kier molecular flexibility index (Phi) is 4.95. The second kappa shape index (κ2) is 6.90. The van der Waals surface area contributed by atoms with Crippen LogP contribution in [0.4, 0.5) is 4.79 Å². The monoisotopic (exact) mass is 296 g/mol. The quantitative estimate of drug-likeness (QED) is 0.941. The highest BCUT2D eigenvalue weighted by Gasteiger charge is 2.18. The fourth-order valence-electron chi connectivity index (χ4n) is 2.40. The van der Waals surface area contributed by atoms with Crippen LogP contribution in [0.2, 0.25) is 0 Å². The molecule has 0 radical (unpaired) electrons. The van der Waals surface area contributed by atoms with E-state index in [9.17, 15) is 4.79 Å². The number of benzene rings is 1. The summed E-state index contributed by atoms with van der Waals surface area (Å²) in [6.45, 7) is 6.59. The Bertz CT molecular complexity index is 707. The number of hydrogen-bond acceptors (Lipinski definition) is 3. The largest absolute Gasteiger partial charge is 0.342 e. The number of hydrogen-bond donors (Lipinski definition) is 1. The smallest absolute Gasteiger partial charge is 0.336 e. The van der Waals surface area contributed by atoms with E-state index < -0.39 is 0 Å². The first-order valence-electron chi connectivity index (χ1n) is 7.49. The maximum absolute atomic E-state index is 12.2. The third kappa shape index (κ3) is 3.01. The molecule has 0 aliphatic carbocycles. The van der Waals surface area contributed by atoms with Gasteiger partial charge < -0.3 is 5.32 Å². The molecule has 0 unspecified atom stereocenters. The molecule has 114 valence electrons.